The lowest BCUT2D eigenvalue weighted by atomic mass is 10.0. The zero-order chi connectivity index (χ0) is 21.1. The third-order valence-electron chi connectivity index (χ3n) is 4.43. The minimum Gasteiger partial charge on any atom is -0.480 e. The second-order valence-electron chi connectivity index (χ2n) is 6.54. The van der Waals surface area contributed by atoms with Gasteiger partial charge in [0.05, 0.1) is 5.56 Å². The Hall–Kier alpha value is -2.87. The Bertz CT molecular complexity index is 863. The molecule has 0 radical (unpaired) electrons. The predicted molar refractivity (Wildman–Crippen MR) is 95.6 cm³/mol. The average molecular weight is 395 g/mol. The monoisotopic (exact) mass is 395 g/mol. The number of carboxylic acids is 1. The Kier molecular flexibility index (Phi) is 6.45. The second-order valence-corrected chi connectivity index (χ2v) is 6.54. The molecule has 0 unspecified atom stereocenters. The van der Waals surface area contributed by atoms with E-state index in [4.69, 9.17) is 0 Å². The molecule has 2 atom stereocenters. The molecule has 0 fully saturated rings. The number of aliphatic hydroxyl groups is 1. The molecule has 150 valence electrons. The highest BCUT2D eigenvalue weighted by molar-refractivity contribution is 5.87. The maximum absolute atomic E-state index is 12.6. The van der Waals surface area contributed by atoms with E-state index in [1.807, 2.05) is 26.0 Å². The van der Waals surface area contributed by atoms with Gasteiger partial charge in [0, 0.05) is 6.42 Å². The van der Waals surface area contributed by atoms with Gasteiger partial charge >= 0.3 is 12.1 Å². The molecule has 0 aliphatic carbocycles. The lowest BCUT2D eigenvalue weighted by molar-refractivity contribution is -0.143. The number of carbonyl (C=O) groups is 2. The van der Waals surface area contributed by atoms with Gasteiger partial charge in [-0.05, 0) is 48.2 Å². The van der Waals surface area contributed by atoms with Gasteiger partial charge in [-0.15, -0.1) is 0 Å². The maximum atomic E-state index is 12.6. The summed E-state index contributed by atoms with van der Waals surface area (Å²) in [6.07, 6.45) is -6.32. The molecule has 0 aliphatic heterocycles. The second kappa shape index (κ2) is 8.43. The molecule has 3 N–H and O–H groups in total. The summed E-state index contributed by atoms with van der Waals surface area (Å²) in [5.74, 6) is -2.29. The molecule has 0 aliphatic rings. The Morgan fingerprint density at radius 2 is 1.64 bits per heavy atom. The predicted octanol–water partition coefficient (Wildman–Crippen LogP) is 3.17. The maximum Gasteiger partial charge on any atom is 0.416 e. The van der Waals surface area contributed by atoms with Gasteiger partial charge in [0.1, 0.15) is 6.04 Å². The van der Waals surface area contributed by atoms with Crippen molar-refractivity contribution in [2.75, 3.05) is 0 Å². The number of benzene rings is 2. The van der Waals surface area contributed by atoms with Crippen molar-refractivity contribution in [2.45, 2.75) is 38.6 Å². The fourth-order valence-electron chi connectivity index (χ4n) is 2.62. The highest BCUT2D eigenvalue weighted by Gasteiger charge is 2.31. The van der Waals surface area contributed by atoms with E-state index in [2.05, 4.69) is 5.32 Å². The van der Waals surface area contributed by atoms with Gasteiger partial charge in [-0.1, -0.05) is 30.3 Å². The van der Waals surface area contributed by atoms with Crippen LogP contribution in [0.2, 0.25) is 0 Å². The van der Waals surface area contributed by atoms with E-state index in [-0.39, 0.29) is 12.0 Å². The van der Waals surface area contributed by atoms with Crippen LogP contribution in [0, 0.1) is 13.8 Å². The van der Waals surface area contributed by atoms with E-state index < -0.39 is 35.8 Å². The summed E-state index contributed by atoms with van der Waals surface area (Å²) in [4.78, 5) is 23.7. The summed E-state index contributed by atoms with van der Waals surface area (Å²) in [5, 5.41) is 21.7. The van der Waals surface area contributed by atoms with Crippen LogP contribution in [-0.2, 0) is 22.2 Å². The van der Waals surface area contributed by atoms with Crippen LogP contribution in [-0.4, -0.2) is 28.1 Å². The molecule has 2 rings (SSSR count). The number of hydrogen-bond donors (Lipinski definition) is 3. The number of halogens is 3. The molecule has 1 amide bonds. The molecule has 2 aromatic carbocycles. The van der Waals surface area contributed by atoms with E-state index >= 15 is 0 Å². The minimum absolute atomic E-state index is 0.00191. The first kappa shape index (κ1) is 21.4. The van der Waals surface area contributed by atoms with Gasteiger partial charge < -0.3 is 15.5 Å². The highest BCUT2D eigenvalue weighted by Crippen LogP contribution is 2.30. The van der Waals surface area contributed by atoms with Crippen LogP contribution >= 0.6 is 0 Å². The topological polar surface area (TPSA) is 86.6 Å². The number of hydrogen-bond acceptors (Lipinski definition) is 3. The van der Waals surface area contributed by atoms with Crippen molar-refractivity contribution in [3.05, 3.63) is 70.3 Å². The first-order chi connectivity index (χ1) is 13.0. The first-order valence-electron chi connectivity index (χ1n) is 8.43. The molecule has 0 heterocycles. The summed E-state index contributed by atoms with van der Waals surface area (Å²) in [7, 11) is 0. The van der Waals surface area contributed by atoms with Crippen molar-refractivity contribution < 1.29 is 33.0 Å². The number of aliphatic hydroxyl groups excluding tert-OH is 1. The minimum atomic E-state index is -4.54. The van der Waals surface area contributed by atoms with Crippen LogP contribution in [0.5, 0.6) is 0 Å². The first-order valence-corrected chi connectivity index (χ1v) is 8.43. The number of aliphatic carboxylic acids is 1. The number of carbonyl (C=O) groups excluding carboxylic acids is 1. The van der Waals surface area contributed by atoms with E-state index in [0.717, 1.165) is 35.4 Å². The number of alkyl halides is 3. The number of carboxylic acid groups (broad SMARTS) is 1. The van der Waals surface area contributed by atoms with Gasteiger partial charge in [-0.3, -0.25) is 4.79 Å². The van der Waals surface area contributed by atoms with Gasteiger partial charge in [0.2, 0.25) is 0 Å². The molecule has 0 bridgehead atoms. The number of aryl methyl sites for hydroxylation is 2. The fraction of sp³-hybridized carbons (Fsp3) is 0.300. The van der Waals surface area contributed by atoms with Crippen molar-refractivity contribution in [2.24, 2.45) is 0 Å². The number of amides is 1. The van der Waals surface area contributed by atoms with E-state index in [0.29, 0.717) is 5.56 Å². The van der Waals surface area contributed by atoms with Crippen LogP contribution in [0.15, 0.2) is 42.5 Å². The van der Waals surface area contributed by atoms with E-state index in [9.17, 15) is 33.0 Å². The lowest BCUT2D eigenvalue weighted by Gasteiger charge is -2.18. The molecule has 28 heavy (non-hydrogen) atoms. The summed E-state index contributed by atoms with van der Waals surface area (Å²) >= 11 is 0. The third kappa shape index (κ3) is 5.32. The van der Waals surface area contributed by atoms with Crippen molar-refractivity contribution in [3.63, 3.8) is 0 Å². The molecule has 0 spiro atoms. The van der Waals surface area contributed by atoms with Crippen LogP contribution in [0.3, 0.4) is 0 Å². The summed E-state index contributed by atoms with van der Waals surface area (Å²) < 4.78 is 37.8. The number of rotatable bonds is 6. The molecule has 0 saturated heterocycles. The SMILES string of the molecule is Cc1ccc(C[C@H](NC(=O)[C@H](O)c2ccc(C(F)(F)F)cc2)C(=O)O)cc1C. The van der Waals surface area contributed by atoms with Crippen LogP contribution in [0.4, 0.5) is 13.2 Å². The van der Waals surface area contributed by atoms with Crippen LogP contribution < -0.4 is 5.32 Å². The quantitative estimate of drug-likeness (QED) is 0.701. The standard InChI is InChI=1S/C20H20F3NO4/c1-11-3-4-13(9-12(11)2)10-16(19(27)28)24-18(26)17(25)14-5-7-15(8-6-14)20(21,22)23/h3-9,16-17,25H,10H2,1-2H3,(H,24,26)(H,27,28)/t16-,17+/m0/s1. The molecule has 8 heteroatoms. The lowest BCUT2D eigenvalue weighted by Crippen LogP contribution is -2.44. The Balaban J connectivity index is 2.10. The van der Waals surface area contributed by atoms with E-state index in [1.165, 1.54) is 0 Å². The van der Waals surface area contributed by atoms with Crippen LogP contribution in [0.1, 0.15) is 33.9 Å². The van der Waals surface area contributed by atoms with Crippen molar-refractivity contribution in [1.82, 2.24) is 5.32 Å². The normalized spacial score (nSPS) is 13.6. The Morgan fingerprint density at radius 3 is 2.14 bits per heavy atom. The van der Waals surface area contributed by atoms with Gasteiger partial charge in [0.15, 0.2) is 6.10 Å². The van der Waals surface area contributed by atoms with Gasteiger partial charge in [-0.25, -0.2) is 4.79 Å². The summed E-state index contributed by atoms with van der Waals surface area (Å²) in [6.45, 7) is 3.79. The molecule has 0 aromatic heterocycles. The highest BCUT2D eigenvalue weighted by atomic mass is 19.4. The molecule has 0 saturated carbocycles. The smallest absolute Gasteiger partial charge is 0.416 e. The van der Waals surface area contributed by atoms with Crippen LogP contribution in [0.25, 0.3) is 0 Å². The summed E-state index contributed by atoms with van der Waals surface area (Å²) in [5.41, 5.74) is 1.72. The van der Waals surface area contributed by atoms with Gasteiger partial charge in [-0.2, -0.15) is 13.2 Å². The largest absolute Gasteiger partial charge is 0.480 e. The average Bonchev–Trinajstić information content (AvgIpc) is 2.62. The third-order valence-corrected chi connectivity index (χ3v) is 4.43. The molecule has 5 nitrogen and oxygen atoms in total. The molecular formula is C20H20F3NO4. The van der Waals surface area contributed by atoms with E-state index in [1.54, 1.807) is 6.07 Å². The molecule has 2 aromatic rings. The fourth-order valence-corrected chi connectivity index (χ4v) is 2.62. The van der Waals surface area contributed by atoms with Gasteiger partial charge in [0.25, 0.3) is 5.91 Å². The zero-order valence-corrected chi connectivity index (χ0v) is 15.2. The zero-order valence-electron chi connectivity index (χ0n) is 15.2. The van der Waals surface area contributed by atoms with Crippen molar-refractivity contribution in [3.8, 4) is 0 Å². The summed E-state index contributed by atoms with van der Waals surface area (Å²) in [6, 6.07) is 7.55. The van der Waals surface area contributed by atoms with Crippen molar-refractivity contribution in [1.29, 1.82) is 0 Å². The Morgan fingerprint density at radius 1 is 1.04 bits per heavy atom. The van der Waals surface area contributed by atoms with Crippen molar-refractivity contribution >= 4 is 11.9 Å². The Labute approximate surface area is 159 Å². The molecular weight excluding hydrogens is 375 g/mol. The number of nitrogens with one attached hydrogen (secondary N) is 1.